The van der Waals surface area contributed by atoms with Crippen molar-refractivity contribution in [2.45, 2.75) is 97.8 Å². The molecule has 0 spiro atoms. The predicted octanol–water partition coefficient (Wildman–Crippen LogP) is 7.36. The summed E-state index contributed by atoms with van der Waals surface area (Å²) in [6.45, 7) is 7.24. The molecule has 0 unspecified atom stereocenters. The van der Waals surface area contributed by atoms with Gasteiger partial charge in [-0.05, 0) is 37.0 Å². The van der Waals surface area contributed by atoms with Crippen molar-refractivity contribution < 1.29 is 19.1 Å². The van der Waals surface area contributed by atoms with Gasteiger partial charge in [0.15, 0.2) is 0 Å². The third kappa shape index (κ3) is 12.7. The molecule has 0 aliphatic carbocycles. The first kappa shape index (κ1) is 26.2. The van der Waals surface area contributed by atoms with Crippen LogP contribution < -0.4 is 0 Å². The number of carbonyl (C=O) groups excluding carboxylic acids is 2. The van der Waals surface area contributed by atoms with Crippen LogP contribution in [-0.4, -0.2) is 25.2 Å². The van der Waals surface area contributed by atoms with Gasteiger partial charge in [-0.3, -0.25) is 0 Å². The van der Waals surface area contributed by atoms with Crippen molar-refractivity contribution in [3.63, 3.8) is 0 Å². The van der Waals surface area contributed by atoms with Crippen molar-refractivity contribution in [1.82, 2.24) is 0 Å². The second kappa shape index (κ2) is 16.9. The van der Waals surface area contributed by atoms with Gasteiger partial charge in [0.05, 0.1) is 24.3 Å². The lowest BCUT2D eigenvalue weighted by Crippen LogP contribution is -2.11. The van der Waals surface area contributed by atoms with Gasteiger partial charge in [-0.15, -0.1) is 0 Å². The number of rotatable bonds is 17. The molecule has 0 saturated carbocycles. The Bertz CT molecular complexity index is 594. The van der Waals surface area contributed by atoms with Crippen LogP contribution in [0.1, 0.15) is 119 Å². The highest BCUT2D eigenvalue weighted by atomic mass is 16.5. The molecule has 0 saturated heterocycles. The molecule has 0 fully saturated rings. The van der Waals surface area contributed by atoms with Crippen LogP contribution in [-0.2, 0) is 9.47 Å². The van der Waals surface area contributed by atoms with Crippen LogP contribution in [0.4, 0.5) is 0 Å². The standard InChI is InChI=1S/C26H42O4/c1-4-5-6-7-8-9-10-11-12-13-14-19-29-25(27)23-16-15-17-24(21-23)26(28)30-20-18-22(2)3/h15-17,21-22H,4-14,18-20H2,1-3H3. The van der Waals surface area contributed by atoms with Gasteiger partial charge in [-0.1, -0.05) is 91.0 Å². The van der Waals surface area contributed by atoms with Gasteiger partial charge in [-0.25, -0.2) is 9.59 Å². The third-order valence-corrected chi connectivity index (χ3v) is 5.24. The van der Waals surface area contributed by atoms with E-state index >= 15 is 0 Å². The Balaban J connectivity index is 2.15. The summed E-state index contributed by atoms with van der Waals surface area (Å²) in [4.78, 5) is 24.3. The van der Waals surface area contributed by atoms with E-state index in [9.17, 15) is 9.59 Å². The lowest BCUT2D eigenvalue weighted by molar-refractivity contribution is 0.0488. The van der Waals surface area contributed by atoms with E-state index in [4.69, 9.17) is 9.47 Å². The molecular weight excluding hydrogens is 376 g/mol. The molecular formula is C26H42O4. The number of esters is 2. The van der Waals surface area contributed by atoms with E-state index in [0.29, 0.717) is 30.3 Å². The number of ether oxygens (including phenoxy) is 2. The molecule has 0 N–H and O–H groups in total. The van der Waals surface area contributed by atoms with Gasteiger partial charge in [0.1, 0.15) is 0 Å². The molecule has 1 aromatic carbocycles. The van der Waals surface area contributed by atoms with Crippen molar-refractivity contribution in [2.24, 2.45) is 5.92 Å². The second-order valence-electron chi connectivity index (χ2n) is 8.57. The van der Waals surface area contributed by atoms with E-state index < -0.39 is 5.97 Å². The third-order valence-electron chi connectivity index (χ3n) is 5.24. The normalized spacial score (nSPS) is 10.9. The second-order valence-corrected chi connectivity index (χ2v) is 8.57. The van der Waals surface area contributed by atoms with Gasteiger partial charge in [0, 0.05) is 0 Å². The van der Waals surface area contributed by atoms with Crippen molar-refractivity contribution in [3.05, 3.63) is 35.4 Å². The van der Waals surface area contributed by atoms with Crippen molar-refractivity contribution >= 4 is 11.9 Å². The summed E-state index contributed by atoms with van der Waals surface area (Å²) in [5.41, 5.74) is 0.791. The topological polar surface area (TPSA) is 52.6 Å². The molecule has 30 heavy (non-hydrogen) atoms. The summed E-state index contributed by atoms with van der Waals surface area (Å²) < 4.78 is 10.6. The van der Waals surface area contributed by atoms with Crippen LogP contribution in [0.3, 0.4) is 0 Å². The molecule has 4 nitrogen and oxygen atoms in total. The molecule has 0 bridgehead atoms. The monoisotopic (exact) mass is 418 g/mol. The van der Waals surface area contributed by atoms with Crippen LogP contribution in [0.5, 0.6) is 0 Å². The summed E-state index contributed by atoms with van der Waals surface area (Å²) >= 11 is 0. The first-order valence-electron chi connectivity index (χ1n) is 12.0. The highest BCUT2D eigenvalue weighted by Crippen LogP contribution is 2.12. The first-order valence-corrected chi connectivity index (χ1v) is 12.0. The molecule has 1 rings (SSSR count). The minimum atomic E-state index is -0.393. The Kier molecular flexibility index (Phi) is 14.8. The fourth-order valence-electron chi connectivity index (χ4n) is 3.26. The van der Waals surface area contributed by atoms with Gasteiger partial charge in [-0.2, -0.15) is 0 Å². The van der Waals surface area contributed by atoms with Crippen LogP contribution in [0.2, 0.25) is 0 Å². The summed E-state index contributed by atoms with van der Waals surface area (Å²) in [5, 5.41) is 0. The molecule has 4 heteroatoms. The van der Waals surface area contributed by atoms with Crippen molar-refractivity contribution in [2.75, 3.05) is 13.2 Å². The molecule has 0 atom stereocenters. The average molecular weight is 419 g/mol. The quantitative estimate of drug-likeness (QED) is 0.196. The SMILES string of the molecule is CCCCCCCCCCCCCOC(=O)c1cccc(C(=O)OCCC(C)C)c1. The molecule has 0 heterocycles. The number of unbranched alkanes of at least 4 members (excludes halogenated alkanes) is 10. The Morgan fingerprint density at radius 3 is 1.70 bits per heavy atom. The van der Waals surface area contributed by atoms with E-state index in [1.54, 1.807) is 24.3 Å². The Hall–Kier alpha value is -1.84. The molecule has 170 valence electrons. The van der Waals surface area contributed by atoms with E-state index in [1.807, 2.05) is 0 Å². The summed E-state index contributed by atoms with van der Waals surface area (Å²) in [7, 11) is 0. The highest BCUT2D eigenvalue weighted by molar-refractivity contribution is 5.95. The zero-order valence-corrected chi connectivity index (χ0v) is 19.4. The van der Waals surface area contributed by atoms with Crippen molar-refractivity contribution in [1.29, 1.82) is 0 Å². The van der Waals surface area contributed by atoms with E-state index in [1.165, 1.54) is 57.8 Å². The van der Waals surface area contributed by atoms with Crippen LogP contribution in [0.15, 0.2) is 24.3 Å². The first-order chi connectivity index (χ1) is 14.5. The van der Waals surface area contributed by atoms with Crippen LogP contribution in [0, 0.1) is 5.92 Å². The van der Waals surface area contributed by atoms with Crippen LogP contribution >= 0.6 is 0 Å². The smallest absolute Gasteiger partial charge is 0.338 e. The minimum Gasteiger partial charge on any atom is -0.462 e. The van der Waals surface area contributed by atoms with Gasteiger partial charge in [0.2, 0.25) is 0 Å². The maximum Gasteiger partial charge on any atom is 0.338 e. The molecule has 0 aliphatic heterocycles. The summed E-state index contributed by atoms with van der Waals surface area (Å²) in [6.07, 6.45) is 14.7. The Labute approximate surface area is 183 Å². The van der Waals surface area contributed by atoms with E-state index in [0.717, 1.165) is 19.3 Å². The Morgan fingerprint density at radius 2 is 1.20 bits per heavy atom. The summed E-state index contributed by atoms with van der Waals surface area (Å²) in [6, 6.07) is 6.59. The number of carbonyl (C=O) groups is 2. The number of benzene rings is 1. The fourth-order valence-corrected chi connectivity index (χ4v) is 3.26. The van der Waals surface area contributed by atoms with E-state index in [2.05, 4.69) is 20.8 Å². The maximum absolute atomic E-state index is 12.2. The highest BCUT2D eigenvalue weighted by Gasteiger charge is 2.12. The zero-order chi connectivity index (χ0) is 22.0. The molecule has 0 amide bonds. The zero-order valence-electron chi connectivity index (χ0n) is 19.4. The molecule has 0 radical (unpaired) electrons. The predicted molar refractivity (Wildman–Crippen MR) is 123 cm³/mol. The largest absolute Gasteiger partial charge is 0.462 e. The molecule has 1 aromatic rings. The minimum absolute atomic E-state index is 0.376. The van der Waals surface area contributed by atoms with Crippen LogP contribution in [0.25, 0.3) is 0 Å². The number of hydrogen-bond acceptors (Lipinski definition) is 4. The molecule has 0 aromatic heterocycles. The Morgan fingerprint density at radius 1 is 0.733 bits per heavy atom. The number of hydrogen-bond donors (Lipinski definition) is 0. The fraction of sp³-hybridized carbons (Fsp3) is 0.692. The summed E-state index contributed by atoms with van der Waals surface area (Å²) in [5.74, 6) is -0.288. The molecule has 0 aliphatic rings. The van der Waals surface area contributed by atoms with Crippen molar-refractivity contribution in [3.8, 4) is 0 Å². The van der Waals surface area contributed by atoms with E-state index in [-0.39, 0.29) is 5.97 Å². The average Bonchev–Trinajstić information content (AvgIpc) is 2.74. The van der Waals surface area contributed by atoms with Gasteiger partial charge >= 0.3 is 11.9 Å². The van der Waals surface area contributed by atoms with Gasteiger partial charge in [0.25, 0.3) is 0 Å². The van der Waals surface area contributed by atoms with Gasteiger partial charge < -0.3 is 9.47 Å². The lowest BCUT2D eigenvalue weighted by Gasteiger charge is -2.08. The maximum atomic E-state index is 12.2. The lowest BCUT2D eigenvalue weighted by atomic mass is 10.1.